The molecule has 1 saturated heterocycles. The number of imide groups is 1. The molecule has 0 radical (unpaired) electrons. The van der Waals surface area contributed by atoms with Gasteiger partial charge in [-0.05, 0) is 22.8 Å². The van der Waals surface area contributed by atoms with E-state index in [1.54, 1.807) is 17.1 Å². The molecule has 0 aromatic heterocycles. The highest BCUT2D eigenvalue weighted by atomic mass is 16.4. The predicted molar refractivity (Wildman–Crippen MR) is 115 cm³/mol. The number of carbonyl (C=O) groups excluding carboxylic acids is 3. The van der Waals surface area contributed by atoms with E-state index in [1.165, 1.54) is 0 Å². The van der Waals surface area contributed by atoms with Crippen LogP contribution >= 0.6 is 0 Å². The number of carboxylic acid groups (broad SMARTS) is 1. The Morgan fingerprint density at radius 2 is 1.70 bits per heavy atom. The number of nitrogens with one attached hydrogen (secondary N) is 1. The summed E-state index contributed by atoms with van der Waals surface area (Å²) in [5.74, 6) is -1.50. The minimum absolute atomic E-state index is 0.0404. The van der Waals surface area contributed by atoms with Crippen LogP contribution in [0, 0.1) is 0 Å². The standard InChI is InChI=1S/C19H19NO3.C4H5NO2/c1-3-14-9-10-16-7-5-6-8-17(16)20(13-15(14)4-2)18(21)11-12-19(22)23;6-3-1-2-4(7)5-3/h3-10H,1-2,11-13H2,(H,22,23);1-2H2,(H,5,6,7)/b10-9-,15-14-;. The summed E-state index contributed by atoms with van der Waals surface area (Å²) in [6, 6.07) is 7.54. The molecule has 0 bridgehead atoms. The highest BCUT2D eigenvalue weighted by Gasteiger charge is 2.21. The molecule has 0 aliphatic carbocycles. The van der Waals surface area contributed by atoms with Gasteiger partial charge in [-0.1, -0.05) is 55.7 Å². The SMILES string of the molecule is C=CC1=C(\C=C)CN(C(=O)CCC(=O)O)c2ccccc2/C=C\1.O=C1CCC(=O)N1. The molecule has 2 aliphatic heterocycles. The molecular weight excluding hydrogens is 384 g/mol. The Balaban J connectivity index is 0.000000386. The molecule has 0 spiro atoms. The summed E-state index contributed by atoms with van der Waals surface area (Å²) in [5.41, 5.74) is 3.43. The van der Waals surface area contributed by atoms with Crippen molar-refractivity contribution >= 4 is 35.5 Å². The van der Waals surface area contributed by atoms with Crippen LogP contribution in [0.15, 0.2) is 66.8 Å². The van der Waals surface area contributed by atoms with Gasteiger partial charge in [0.25, 0.3) is 0 Å². The van der Waals surface area contributed by atoms with Gasteiger partial charge in [-0.15, -0.1) is 0 Å². The highest BCUT2D eigenvalue weighted by Crippen LogP contribution is 2.28. The van der Waals surface area contributed by atoms with Gasteiger partial charge in [0, 0.05) is 19.3 Å². The van der Waals surface area contributed by atoms with Gasteiger partial charge in [0.05, 0.1) is 18.7 Å². The van der Waals surface area contributed by atoms with E-state index in [0.717, 1.165) is 22.4 Å². The lowest BCUT2D eigenvalue weighted by molar-refractivity contribution is -0.138. The van der Waals surface area contributed by atoms with Gasteiger partial charge in [-0.25, -0.2) is 0 Å². The van der Waals surface area contributed by atoms with Crippen LogP contribution in [-0.4, -0.2) is 35.3 Å². The molecule has 30 heavy (non-hydrogen) atoms. The zero-order chi connectivity index (χ0) is 22.1. The number of anilines is 1. The number of hydrogen-bond acceptors (Lipinski definition) is 4. The minimum atomic E-state index is -0.982. The number of carboxylic acids is 1. The van der Waals surface area contributed by atoms with Crippen LogP contribution in [0.1, 0.15) is 31.2 Å². The number of benzene rings is 1. The maximum absolute atomic E-state index is 12.5. The third-order valence-electron chi connectivity index (χ3n) is 4.55. The van der Waals surface area contributed by atoms with Crippen molar-refractivity contribution in [3.63, 3.8) is 0 Å². The zero-order valence-electron chi connectivity index (χ0n) is 16.6. The van der Waals surface area contributed by atoms with Crippen molar-refractivity contribution in [2.24, 2.45) is 0 Å². The summed E-state index contributed by atoms with van der Waals surface area (Å²) in [5, 5.41) is 11.0. The molecule has 1 aromatic carbocycles. The summed E-state index contributed by atoms with van der Waals surface area (Å²) in [4.78, 5) is 45.2. The van der Waals surface area contributed by atoms with Gasteiger partial charge in [-0.3, -0.25) is 24.5 Å². The molecular formula is C23H24N2O5. The molecule has 2 N–H and O–H groups in total. The van der Waals surface area contributed by atoms with E-state index in [2.05, 4.69) is 18.5 Å². The van der Waals surface area contributed by atoms with Crippen molar-refractivity contribution in [2.45, 2.75) is 25.7 Å². The van der Waals surface area contributed by atoms with E-state index in [9.17, 15) is 19.2 Å². The van der Waals surface area contributed by atoms with Crippen LogP contribution in [0.5, 0.6) is 0 Å². The topological polar surface area (TPSA) is 104 Å². The summed E-state index contributed by atoms with van der Waals surface area (Å²) in [7, 11) is 0. The highest BCUT2D eigenvalue weighted by molar-refractivity contribution is 6.01. The van der Waals surface area contributed by atoms with E-state index in [-0.39, 0.29) is 30.6 Å². The quantitative estimate of drug-likeness (QED) is 0.729. The number of fused-ring (bicyclic) bond motifs is 1. The van der Waals surface area contributed by atoms with Crippen LogP contribution in [0.3, 0.4) is 0 Å². The number of hydrogen-bond donors (Lipinski definition) is 2. The molecule has 2 aliphatic rings. The Hall–Kier alpha value is -3.74. The predicted octanol–water partition coefficient (Wildman–Crippen LogP) is 3.00. The number of rotatable bonds is 5. The van der Waals surface area contributed by atoms with Crippen LogP contribution in [0.25, 0.3) is 6.08 Å². The van der Waals surface area contributed by atoms with Crippen molar-refractivity contribution in [3.8, 4) is 0 Å². The lowest BCUT2D eigenvalue weighted by Gasteiger charge is -2.27. The summed E-state index contributed by atoms with van der Waals surface area (Å²) in [6.07, 6.45) is 7.82. The van der Waals surface area contributed by atoms with Gasteiger partial charge >= 0.3 is 5.97 Å². The molecule has 2 heterocycles. The molecule has 7 nitrogen and oxygen atoms in total. The molecule has 7 heteroatoms. The Labute approximate surface area is 175 Å². The Bertz CT molecular complexity index is 929. The van der Waals surface area contributed by atoms with E-state index >= 15 is 0 Å². The molecule has 1 aromatic rings. The maximum Gasteiger partial charge on any atom is 0.303 e. The molecule has 1 fully saturated rings. The number of amides is 3. The Morgan fingerprint density at radius 3 is 2.23 bits per heavy atom. The first kappa shape index (κ1) is 22.5. The fourth-order valence-electron chi connectivity index (χ4n) is 2.97. The van der Waals surface area contributed by atoms with Crippen LogP contribution in [-0.2, 0) is 19.2 Å². The van der Waals surface area contributed by atoms with Crippen molar-refractivity contribution in [1.82, 2.24) is 5.32 Å². The average Bonchev–Trinajstić information content (AvgIpc) is 3.10. The van der Waals surface area contributed by atoms with Crippen LogP contribution < -0.4 is 10.2 Å². The Morgan fingerprint density at radius 1 is 1.03 bits per heavy atom. The minimum Gasteiger partial charge on any atom is -0.481 e. The molecule has 3 rings (SSSR count). The van der Waals surface area contributed by atoms with E-state index < -0.39 is 5.97 Å². The lowest BCUT2D eigenvalue weighted by atomic mass is 10.0. The summed E-state index contributed by atoms with van der Waals surface area (Å²) < 4.78 is 0. The van der Waals surface area contributed by atoms with Crippen LogP contribution in [0.2, 0.25) is 0 Å². The molecule has 3 amide bonds. The second-order valence-electron chi connectivity index (χ2n) is 6.63. The van der Waals surface area contributed by atoms with Gasteiger partial charge < -0.3 is 10.0 Å². The third-order valence-corrected chi connectivity index (χ3v) is 4.55. The smallest absolute Gasteiger partial charge is 0.303 e. The average molecular weight is 408 g/mol. The van der Waals surface area contributed by atoms with Crippen molar-refractivity contribution in [1.29, 1.82) is 0 Å². The summed E-state index contributed by atoms with van der Waals surface area (Å²) in [6.45, 7) is 7.95. The second kappa shape index (κ2) is 10.7. The second-order valence-corrected chi connectivity index (χ2v) is 6.63. The fourth-order valence-corrected chi connectivity index (χ4v) is 2.97. The largest absolute Gasteiger partial charge is 0.481 e. The van der Waals surface area contributed by atoms with E-state index in [4.69, 9.17) is 5.11 Å². The first-order valence-corrected chi connectivity index (χ1v) is 9.45. The summed E-state index contributed by atoms with van der Waals surface area (Å²) >= 11 is 0. The number of carbonyl (C=O) groups is 4. The van der Waals surface area contributed by atoms with Gasteiger partial charge in [0.2, 0.25) is 17.7 Å². The van der Waals surface area contributed by atoms with Crippen molar-refractivity contribution in [3.05, 3.63) is 72.4 Å². The molecule has 0 saturated carbocycles. The van der Waals surface area contributed by atoms with Gasteiger partial charge in [-0.2, -0.15) is 0 Å². The first-order valence-electron chi connectivity index (χ1n) is 9.45. The lowest BCUT2D eigenvalue weighted by Crippen LogP contribution is -2.34. The monoisotopic (exact) mass is 408 g/mol. The number of para-hydroxylation sites is 1. The van der Waals surface area contributed by atoms with Gasteiger partial charge in [0.15, 0.2) is 0 Å². The van der Waals surface area contributed by atoms with Crippen molar-refractivity contribution in [2.75, 3.05) is 11.4 Å². The number of aliphatic carboxylic acids is 1. The van der Waals surface area contributed by atoms with E-state index in [0.29, 0.717) is 19.4 Å². The molecule has 156 valence electrons. The van der Waals surface area contributed by atoms with E-state index in [1.807, 2.05) is 36.4 Å². The fraction of sp³-hybridized carbons (Fsp3) is 0.217. The normalized spacial score (nSPS) is 18.7. The molecule has 0 unspecified atom stereocenters. The number of nitrogens with zero attached hydrogens (tertiary/aromatic N) is 1. The van der Waals surface area contributed by atoms with Crippen LogP contribution in [0.4, 0.5) is 5.69 Å². The maximum atomic E-state index is 12.5. The first-order chi connectivity index (χ1) is 14.3. The third kappa shape index (κ3) is 6.13. The van der Waals surface area contributed by atoms with Gasteiger partial charge in [0.1, 0.15) is 0 Å². The zero-order valence-corrected chi connectivity index (χ0v) is 16.6. The Kier molecular flexibility index (Phi) is 8.05. The number of allylic oxidation sites excluding steroid dienone is 3. The van der Waals surface area contributed by atoms with Crippen molar-refractivity contribution < 1.29 is 24.3 Å². The molecule has 0 atom stereocenters.